The van der Waals surface area contributed by atoms with Crippen molar-refractivity contribution in [1.82, 2.24) is 34.5 Å². The largest absolute Gasteiger partial charge is 0.497 e. The maximum atomic E-state index is 12.8. The van der Waals surface area contributed by atoms with E-state index in [-0.39, 0.29) is 58.9 Å². The van der Waals surface area contributed by atoms with Gasteiger partial charge in [-0.2, -0.15) is 0 Å². The third-order valence-electron chi connectivity index (χ3n) is 18.3. The molecule has 23 heteroatoms. The van der Waals surface area contributed by atoms with Crippen LogP contribution >= 0.6 is 56.7 Å². The van der Waals surface area contributed by atoms with Gasteiger partial charge in [0.05, 0.1) is 72.1 Å². The summed E-state index contributed by atoms with van der Waals surface area (Å²) in [7, 11) is 3.27. The fraction of sp³-hybridized carbons (Fsp3) is 0.116. The minimum Gasteiger partial charge on any atom is -0.497 e. The van der Waals surface area contributed by atoms with Gasteiger partial charge in [-0.3, -0.25) is 40.4 Å². The van der Waals surface area contributed by atoms with E-state index in [0.29, 0.717) is 42.8 Å². The van der Waals surface area contributed by atoms with Crippen LogP contribution < -0.4 is 35.5 Å². The fourth-order valence-electron chi connectivity index (χ4n) is 12.7. The first kappa shape index (κ1) is 84.0. The normalized spacial score (nSPS) is 10.8. The summed E-state index contributed by atoms with van der Waals surface area (Å²) in [6.45, 7) is 8.04. The first-order valence-corrected chi connectivity index (χ1v) is 40.2. The molecule has 13 aromatic carbocycles. The number of hydrogen-bond acceptors (Lipinski definition) is 18. The van der Waals surface area contributed by atoms with E-state index in [2.05, 4.69) is 68.7 Å². The summed E-state index contributed by atoms with van der Waals surface area (Å²) in [5.41, 5.74) is 10.6. The SMILES string of the molecule is C.C.C.C.CC(C)(C)Oc1ccc2nc(NC(=O)c3ccc4ccccc4c3)sc2c1.COc1ccc(-c2ccc3nc(NC(=O)c4ccc5ccccc5c4)sc3c2)c(OC)c1.Cc1nc(-c2ccc3nc(NC(=O)c4ccc5ccccc5c4)sc3c2)cs1.O=C(Nc1nc2ccc(-n3ccnc3)cc2s1)c1ccc2ccccc2c1. The van der Waals surface area contributed by atoms with Crippen LogP contribution in [0, 0.1) is 6.92 Å². The molecular formula is C95H85N11O7S5. The number of hydrogen-bond donors (Lipinski definition) is 4. The summed E-state index contributed by atoms with van der Waals surface area (Å²) in [5.74, 6) is 1.62. The molecule has 19 rings (SSSR count). The highest BCUT2D eigenvalue weighted by atomic mass is 32.1. The smallest absolute Gasteiger partial charge is 0.257 e. The third kappa shape index (κ3) is 19.6. The van der Waals surface area contributed by atoms with E-state index in [1.165, 1.54) is 45.3 Å². The molecule has 18 nitrogen and oxygen atoms in total. The zero-order valence-electron chi connectivity index (χ0n) is 62.2. The Kier molecular flexibility index (Phi) is 26.4. The molecule has 0 atom stereocenters. The van der Waals surface area contributed by atoms with Gasteiger partial charge in [0, 0.05) is 62.9 Å². The molecule has 0 fully saturated rings. The van der Waals surface area contributed by atoms with Gasteiger partial charge in [0.1, 0.15) is 22.8 Å². The van der Waals surface area contributed by atoms with Gasteiger partial charge in [0.25, 0.3) is 23.6 Å². The lowest BCUT2D eigenvalue weighted by molar-refractivity contribution is 0.101. The number of aromatic nitrogens is 7. The predicted molar refractivity (Wildman–Crippen MR) is 495 cm³/mol. The molecule has 6 aromatic heterocycles. The van der Waals surface area contributed by atoms with Crippen LogP contribution in [0.5, 0.6) is 17.2 Å². The Morgan fingerprint density at radius 3 is 1.15 bits per heavy atom. The van der Waals surface area contributed by atoms with Gasteiger partial charge >= 0.3 is 0 Å². The van der Waals surface area contributed by atoms with Crippen molar-refractivity contribution >= 4 is 185 Å². The van der Waals surface area contributed by atoms with E-state index < -0.39 is 0 Å². The molecule has 0 saturated heterocycles. The van der Waals surface area contributed by atoms with Crippen molar-refractivity contribution in [3.63, 3.8) is 0 Å². The number of ether oxygens (including phenoxy) is 3. The second-order valence-electron chi connectivity index (χ2n) is 27.3. The molecule has 6 heterocycles. The molecule has 0 bridgehead atoms. The number of carbonyl (C=O) groups excluding carboxylic acids is 4. The zero-order chi connectivity index (χ0) is 78.4. The second kappa shape index (κ2) is 37.0. The van der Waals surface area contributed by atoms with Gasteiger partial charge in [0.2, 0.25) is 0 Å². The average molecular weight is 1650 g/mol. The number of anilines is 4. The number of fused-ring (bicyclic) bond motifs is 8. The minimum absolute atomic E-state index is 0. The maximum absolute atomic E-state index is 12.8. The highest BCUT2D eigenvalue weighted by Crippen LogP contribution is 2.39. The van der Waals surface area contributed by atoms with Crippen LogP contribution in [0.2, 0.25) is 0 Å². The zero-order valence-corrected chi connectivity index (χ0v) is 66.2. The van der Waals surface area contributed by atoms with E-state index in [1.807, 2.05) is 287 Å². The molecule has 0 saturated carbocycles. The molecular weight excluding hydrogens is 1570 g/mol. The van der Waals surface area contributed by atoms with E-state index in [4.69, 9.17) is 14.2 Å². The molecule has 0 radical (unpaired) electrons. The number of thiazole rings is 5. The van der Waals surface area contributed by atoms with Crippen molar-refractivity contribution in [3.8, 4) is 45.3 Å². The summed E-state index contributed by atoms with van der Waals surface area (Å²) in [4.78, 5) is 77.5. The van der Waals surface area contributed by atoms with Crippen LogP contribution in [0.15, 0.2) is 285 Å². The summed E-state index contributed by atoms with van der Waals surface area (Å²) in [6.07, 6.45) is 5.39. The summed E-state index contributed by atoms with van der Waals surface area (Å²) >= 11 is 7.45. The molecule has 0 aliphatic carbocycles. The molecule has 0 unspecified atom stereocenters. The number of benzene rings is 13. The van der Waals surface area contributed by atoms with Crippen LogP contribution in [-0.4, -0.2) is 77.9 Å². The lowest BCUT2D eigenvalue weighted by Crippen LogP contribution is -2.22. The molecule has 4 N–H and O–H groups in total. The molecule has 592 valence electrons. The van der Waals surface area contributed by atoms with Gasteiger partial charge in [-0.25, -0.2) is 29.9 Å². The summed E-state index contributed by atoms with van der Waals surface area (Å²) in [5, 5.41) is 25.7. The first-order chi connectivity index (χ1) is 55.4. The monoisotopic (exact) mass is 1650 g/mol. The number of carbonyl (C=O) groups is 4. The van der Waals surface area contributed by atoms with Gasteiger partial charge in [0.15, 0.2) is 20.5 Å². The van der Waals surface area contributed by atoms with Crippen LogP contribution in [0.25, 0.3) is 112 Å². The Hall–Kier alpha value is -13.4. The fourth-order valence-corrected chi connectivity index (χ4v) is 16.9. The highest BCUT2D eigenvalue weighted by molar-refractivity contribution is 7.23. The number of imidazole rings is 1. The number of methoxy groups -OCH3 is 2. The lowest BCUT2D eigenvalue weighted by atomic mass is 10.0. The predicted octanol–water partition coefficient (Wildman–Crippen LogP) is 25.8. The van der Waals surface area contributed by atoms with Crippen LogP contribution in [0.1, 0.15) is 96.9 Å². The van der Waals surface area contributed by atoms with Crippen molar-refractivity contribution in [3.05, 3.63) is 312 Å². The Bertz CT molecular complexity index is 6840. The summed E-state index contributed by atoms with van der Waals surface area (Å²) in [6, 6.07) is 84.3. The Labute approximate surface area is 703 Å². The van der Waals surface area contributed by atoms with Crippen molar-refractivity contribution in [2.24, 2.45) is 0 Å². The van der Waals surface area contributed by atoms with Crippen LogP contribution in [0.4, 0.5) is 20.5 Å². The summed E-state index contributed by atoms with van der Waals surface area (Å²) < 4.78 is 22.7. The topological polar surface area (TPSA) is 226 Å². The Morgan fingerprint density at radius 1 is 0.381 bits per heavy atom. The van der Waals surface area contributed by atoms with E-state index in [9.17, 15) is 19.2 Å². The van der Waals surface area contributed by atoms with Gasteiger partial charge in [-0.05, 0) is 198 Å². The highest BCUT2D eigenvalue weighted by Gasteiger charge is 2.19. The molecule has 0 aliphatic rings. The van der Waals surface area contributed by atoms with E-state index >= 15 is 0 Å². The number of aryl methyl sites for hydroxylation is 1. The number of nitrogens with one attached hydrogen (secondary N) is 4. The third-order valence-corrected chi connectivity index (χ3v) is 22.8. The first-order valence-electron chi connectivity index (χ1n) is 36.1. The van der Waals surface area contributed by atoms with Gasteiger partial charge in [-0.1, -0.05) is 209 Å². The van der Waals surface area contributed by atoms with Crippen molar-refractivity contribution in [2.75, 3.05) is 35.5 Å². The molecule has 19 aromatic rings. The number of rotatable bonds is 14. The lowest BCUT2D eigenvalue weighted by Gasteiger charge is -2.21. The molecule has 4 amide bonds. The molecule has 0 aliphatic heterocycles. The number of nitrogens with zero attached hydrogens (tertiary/aromatic N) is 7. The average Bonchev–Trinajstić information content (AvgIpc) is 1.57. The van der Waals surface area contributed by atoms with Crippen molar-refractivity contribution in [2.45, 2.75) is 63.0 Å². The second-order valence-corrected chi connectivity index (χ2v) is 32.5. The Balaban J connectivity index is 0.000000143. The molecule has 0 spiro atoms. The maximum Gasteiger partial charge on any atom is 0.257 e. The van der Waals surface area contributed by atoms with Crippen molar-refractivity contribution in [1.29, 1.82) is 0 Å². The van der Waals surface area contributed by atoms with Crippen LogP contribution in [0.3, 0.4) is 0 Å². The molecule has 118 heavy (non-hydrogen) atoms. The Morgan fingerprint density at radius 2 is 0.763 bits per heavy atom. The van der Waals surface area contributed by atoms with E-state index in [1.54, 1.807) is 38.1 Å². The van der Waals surface area contributed by atoms with Crippen LogP contribution in [-0.2, 0) is 0 Å². The van der Waals surface area contributed by atoms with Gasteiger partial charge < -0.3 is 18.8 Å². The minimum atomic E-state index is -0.258. The number of amides is 4. The van der Waals surface area contributed by atoms with E-state index in [0.717, 1.165) is 134 Å². The quantitative estimate of drug-likeness (QED) is 0.0796. The van der Waals surface area contributed by atoms with Gasteiger partial charge in [-0.15, -0.1) is 11.3 Å². The standard InChI is InChI=1S/C26H20N2O3S.C22H15N3OS2.C22H20N2O2S.C21H14N4OS.4CH4/c1-30-20-10-11-21(23(15-20)31-2)18-9-12-22-24(14-18)32-26(27-22)28-25(29)19-8-7-16-5-3-4-6-17(16)13-19;1-13-23-19(12-27-13)16-8-9-18-20(11-16)28-22(24-18)25-21(26)17-7-6-14-4-2-3-5-15(14)10-17;1-22(2,3)26-17-10-11-18-19(13-17)27-21(23-18)24-20(25)16-9-8-14-6-4-5-7-15(14)12-16;26-20(16-6-5-14-3-1-2-4-15(14)11-16)24-21-23-18-8-7-17(12-19(18)27-21)25-10-9-22-13-25;;;;/h3-15H,1-2H3,(H,27,28,29);2-12H,1H3,(H,24,25,26);4-13H,1-3H3,(H,23,24,25);1-13H,(H,23,24,26);4*1H4. The van der Waals surface area contributed by atoms with Crippen molar-refractivity contribution < 1.29 is 33.4 Å².